The van der Waals surface area contributed by atoms with E-state index in [-0.39, 0.29) is 23.7 Å². The van der Waals surface area contributed by atoms with Crippen molar-refractivity contribution in [2.45, 2.75) is 63.2 Å². The zero-order valence-corrected chi connectivity index (χ0v) is 24.9. The second kappa shape index (κ2) is 16.6. The molecule has 0 aliphatic carbocycles. The molecule has 0 spiro atoms. The molecule has 5 atom stereocenters. The molecule has 1 aliphatic heterocycles. The van der Waals surface area contributed by atoms with Crippen LogP contribution < -0.4 is 0 Å². The second-order valence-electron chi connectivity index (χ2n) is 10.3. The molecule has 0 unspecified atom stereocenters. The van der Waals surface area contributed by atoms with Crippen LogP contribution in [0.5, 0.6) is 0 Å². The standard InChI is InChI=1S/C36H40O5S/c1-2-42-36-35(40-26-31-21-13-6-14-22-31)34(39-25-30-19-11-5-12-20-30)33(38-24-29-17-9-4-10-18-29)32(41-36)27-37-23-28-15-7-3-8-16-28/h3-22,32-36H,2,23-27H2,1H3/t32-,33-,34+,35-,36-/m1/s1. The van der Waals surface area contributed by atoms with Gasteiger partial charge in [0.2, 0.25) is 0 Å². The third-order valence-corrected chi connectivity index (χ3v) is 8.21. The normalized spacial score (nSPS) is 22.2. The monoisotopic (exact) mass is 584 g/mol. The topological polar surface area (TPSA) is 46.2 Å². The van der Waals surface area contributed by atoms with Crippen molar-refractivity contribution in [2.75, 3.05) is 12.4 Å². The van der Waals surface area contributed by atoms with Crippen LogP contribution in [-0.2, 0) is 50.1 Å². The number of benzene rings is 4. The van der Waals surface area contributed by atoms with Crippen molar-refractivity contribution in [2.24, 2.45) is 0 Å². The van der Waals surface area contributed by atoms with Gasteiger partial charge >= 0.3 is 0 Å². The fourth-order valence-electron chi connectivity index (χ4n) is 5.05. The lowest BCUT2D eigenvalue weighted by molar-refractivity contribution is -0.254. The molecule has 42 heavy (non-hydrogen) atoms. The number of hydrogen-bond acceptors (Lipinski definition) is 6. The summed E-state index contributed by atoms with van der Waals surface area (Å²) < 4.78 is 33.1. The van der Waals surface area contributed by atoms with Gasteiger partial charge in [-0.05, 0) is 28.0 Å². The Hall–Kier alpha value is -2.97. The zero-order valence-electron chi connectivity index (χ0n) is 24.1. The second-order valence-corrected chi connectivity index (χ2v) is 11.7. The summed E-state index contributed by atoms with van der Waals surface area (Å²) in [5, 5.41) is 0. The first kappa shape index (κ1) is 30.5. The Bertz CT molecular complexity index is 1280. The summed E-state index contributed by atoms with van der Waals surface area (Å²) in [5.74, 6) is 0.883. The molecule has 1 fully saturated rings. The van der Waals surface area contributed by atoms with E-state index in [2.05, 4.69) is 55.5 Å². The molecule has 1 aliphatic rings. The molecule has 220 valence electrons. The van der Waals surface area contributed by atoms with Gasteiger partial charge in [-0.2, -0.15) is 0 Å². The lowest BCUT2D eigenvalue weighted by Gasteiger charge is -2.46. The highest BCUT2D eigenvalue weighted by Gasteiger charge is 2.48. The van der Waals surface area contributed by atoms with Crippen molar-refractivity contribution >= 4 is 11.8 Å². The molecule has 0 saturated carbocycles. The van der Waals surface area contributed by atoms with Crippen molar-refractivity contribution in [3.63, 3.8) is 0 Å². The summed E-state index contributed by atoms with van der Waals surface area (Å²) in [6, 6.07) is 40.9. The van der Waals surface area contributed by atoms with Crippen LogP contribution in [0, 0.1) is 0 Å². The van der Waals surface area contributed by atoms with E-state index in [1.54, 1.807) is 11.8 Å². The molecule has 1 heterocycles. The Morgan fingerprint density at radius 2 is 0.929 bits per heavy atom. The fraction of sp³-hybridized carbons (Fsp3) is 0.333. The summed E-state index contributed by atoms with van der Waals surface area (Å²) >= 11 is 1.73. The maximum atomic E-state index is 6.76. The lowest BCUT2D eigenvalue weighted by atomic mass is 9.98. The molecule has 4 aromatic carbocycles. The average molecular weight is 585 g/mol. The molecule has 4 aromatic rings. The predicted octanol–water partition coefficient (Wildman–Crippen LogP) is 7.44. The van der Waals surface area contributed by atoms with Gasteiger partial charge in [-0.1, -0.05) is 128 Å². The SMILES string of the molecule is CCS[C@H]1O[C@H](COCc2ccccc2)[C@@H](OCc2ccccc2)[C@H](OCc2ccccc2)[C@H]1OCc1ccccc1. The van der Waals surface area contributed by atoms with Crippen LogP contribution in [0.4, 0.5) is 0 Å². The lowest BCUT2D eigenvalue weighted by Crippen LogP contribution is -2.60. The number of hydrogen-bond donors (Lipinski definition) is 0. The highest BCUT2D eigenvalue weighted by atomic mass is 32.2. The van der Waals surface area contributed by atoms with E-state index in [9.17, 15) is 0 Å². The van der Waals surface area contributed by atoms with E-state index in [0.717, 1.165) is 28.0 Å². The van der Waals surface area contributed by atoms with Crippen molar-refractivity contribution in [1.82, 2.24) is 0 Å². The number of rotatable bonds is 15. The molecule has 0 N–H and O–H groups in total. The molecular formula is C36H40O5S. The van der Waals surface area contributed by atoms with E-state index >= 15 is 0 Å². The van der Waals surface area contributed by atoms with E-state index < -0.39 is 6.10 Å². The summed E-state index contributed by atoms with van der Waals surface area (Å²) in [6.45, 7) is 4.37. The molecule has 5 rings (SSSR count). The first-order chi connectivity index (χ1) is 20.8. The summed E-state index contributed by atoms with van der Waals surface area (Å²) in [5.41, 5.74) is 4.19. The van der Waals surface area contributed by atoms with Crippen LogP contribution in [0.2, 0.25) is 0 Å². The minimum absolute atomic E-state index is 0.235. The summed E-state index contributed by atoms with van der Waals surface area (Å²) in [4.78, 5) is 0. The van der Waals surface area contributed by atoms with Gasteiger partial charge in [-0.15, -0.1) is 11.8 Å². The number of ether oxygens (including phenoxy) is 5. The van der Waals surface area contributed by atoms with Crippen molar-refractivity contribution < 1.29 is 23.7 Å². The van der Waals surface area contributed by atoms with Crippen molar-refractivity contribution in [3.05, 3.63) is 144 Å². The van der Waals surface area contributed by atoms with Crippen LogP contribution in [-0.4, -0.2) is 42.2 Å². The summed E-state index contributed by atoms with van der Waals surface area (Å²) in [7, 11) is 0. The predicted molar refractivity (Wildman–Crippen MR) is 168 cm³/mol. The van der Waals surface area contributed by atoms with Crippen LogP contribution in [0.15, 0.2) is 121 Å². The maximum Gasteiger partial charge on any atom is 0.132 e. The highest BCUT2D eigenvalue weighted by molar-refractivity contribution is 7.99. The van der Waals surface area contributed by atoms with Gasteiger partial charge < -0.3 is 23.7 Å². The van der Waals surface area contributed by atoms with Gasteiger partial charge in [0, 0.05) is 0 Å². The van der Waals surface area contributed by atoms with Gasteiger partial charge in [0.05, 0.1) is 33.0 Å². The Balaban J connectivity index is 1.40. The first-order valence-corrected chi connectivity index (χ1v) is 15.7. The van der Waals surface area contributed by atoms with Crippen LogP contribution in [0.3, 0.4) is 0 Å². The first-order valence-electron chi connectivity index (χ1n) is 14.7. The van der Waals surface area contributed by atoms with Gasteiger partial charge in [0.25, 0.3) is 0 Å². The molecular weight excluding hydrogens is 544 g/mol. The van der Waals surface area contributed by atoms with Crippen LogP contribution in [0.25, 0.3) is 0 Å². The van der Waals surface area contributed by atoms with Gasteiger partial charge in [0.1, 0.15) is 29.9 Å². The van der Waals surface area contributed by atoms with E-state index in [1.165, 1.54) is 0 Å². The molecule has 0 radical (unpaired) electrons. The average Bonchev–Trinajstić information content (AvgIpc) is 3.05. The maximum absolute atomic E-state index is 6.76. The zero-order chi connectivity index (χ0) is 28.8. The van der Waals surface area contributed by atoms with E-state index in [0.29, 0.717) is 33.0 Å². The van der Waals surface area contributed by atoms with Crippen LogP contribution in [0.1, 0.15) is 29.2 Å². The molecule has 0 amide bonds. The quantitative estimate of drug-likeness (QED) is 0.145. The largest absolute Gasteiger partial charge is 0.374 e. The van der Waals surface area contributed by atoms with Gasteiger partial charge in [0.15, 0.2) is 0 Å². The third kappa shape index (κ3) is 9.01. The molecule has 1 saturated heterocycles. The van der Waals surface area contributed by atoms with Crippen molar-refractivity contribution in [1.29, 1.82) is 0 Å². The van der Waals surface area contributed by atoms with E-state index in [1.807, 2.05) is 72.8 Å². The molecule has 0 aromatic heterocycles. The Morgan fingerprint density at radius 1 is 0.524 bits per heavy atom. The number of thioether (sulfide) groups is 1. The molecule has 5 nitrogen and oxygen atoms in total. The summed E-state index contributed by atoms with van der Waals surface area (Å²) in [6.07, 6.45) is -1.45. The Morgan fingerprint density at radius 3 is 1.38 bits per heavy atom. The Kier molecular flexibility index (Phi) is 12.1. The fourth-order valence-corrected chi connectivity index (χ4v) is 6.02. The minimum atomic E-state index is -0.404. The van der Waals surface area contributed by atoms with Gasteiger partial charge in [-0.25, -0.2) is 0 Å². The van der Waals surface area contributed by atoms with E-state index in [4.69, 9.17) is 23.7 Å². The Labute approximate surface area is 254 Å². The highest BCUT2D eigenvalue weighted by Crippen LogP contribution is 2.35. The third-order valence-electron chi connectivity index (χ3n) is 7.17. The van der Waals surface area contributed by atoms with Crippen LogP contribution >= 0.6 is 11.8 Å². The minimum Gasteiger partial charge on any atom is -0.374 e. The van der Waals surface area contributed by atoms with Crippen molar-refractivity contribution in [3.8, 4) is 0 Å². The smallest absolute Gasteiger partial charge is 0.132 e. The molecule has 0 bridgehead atoms. The van der Waals surface area contributed by atoms with Gasteiger partial charge in [-0.3, -0.25) is 0 Å². The molecule has 6 heteroatoms.